The third kappa shape index (κ3) is 0.565. The fourth-order valence-electron chi connectivity index (χ4n) is 1.57. The number of rotatable bonds is 0. The molecule has 1 aliphatic heterocycles. The Kier molecular flexibility index (Phi) is 1.10. The normalized spacial score (nSPS) is 49.9. The molecule has 8 heavy (non-hydrogen) atoms. The molecule has 0 aromatic carbocycles. The van der Waals surface area contributed by atoms with E-state index >= 15 is 0 Å². The third-order valence-corrected chi connectivity index (χ3v) is 2.46. The van der Waals surface area contributed by atoms with E-state index in [0.29, 0.717) is 0 Å². The van der Waals surface area contributed by atoms with Gasteiger partial charge in [-0.25, -0.2) is 0 Å². The first-order chi connectivity index (χ1) is 3.31. The summed E-state index contributed by atoms with van der Waals surface area (Å²) >= 11 is 0. The minimum atomic E-state index is 0. The van der Waals surface area contributed by atoms with Crippen LogP contribution in [-0.4, -0.2) is 18.6 Å². The molecule has 2 fully saturated rings. The molecular weight excluding hydrogens is 102 g/mol. The van der Waals surface area contributed by atoms with Crippen molar-refractivity contribution < 1.29 is 5.48 Å². The van der Waals surface area contributed by atoms with Gasteiger partial charge in [-0.2, -0.15) is 0 Å². The highest BCUT2D eigenvalue weighted by Crippen LogP contribution is 2.54. The fourth-order valence-corrected chi connectivity index (χ4v) is 1.57. The number of hydrogen-bond acceptors (Lipinski definition) is 1. The Hall–Kier alpha value is -0.0800. The van der Waals surface area contributed by atoms with Crippen LogP contribution in [0.3, 0.4) is 0 Å². The van der Waals surface area contributed by atoms with Crippen LogP contribution >= 0.6 is 0 Å². The van der Waals surface area contributed by atoms with Crippen LogP contribution in [0.25, 0.3) is 0 Å². The highest BCUT2D eigenvalue weighted by atomic mass is 16.0. The molecule has 1 saturated heterocycles. The third-order valence-electron chi connectivity index (χ3n) is 2.46. The summed E-state index contributed by atoms with van der Waals surface area (Å²) in [6, 6.07) is 0. The van der Waals surface area contributed by atoms with E-state index in [1.807, 2.05) is 0 Å². The van der Waals surface area contributed by atoms with Crippen LogP contribution in [0, 0.1) is 11.3 Å². The summed E-state index contributed by atoms with van der Waals surface area (Å²) < 4.78 is 0. The van der Waals surface area contributed by atoms with Gasteiger partial charge in [0.15, 0.2) is 0 Å². The average molecular weight is 115 g/mol. The number of fused-ring (bicyclic) bond motifs is 1. The Morgan fingerprint density at radius 3 is 2.50 bits per heavy atom. The van der Waals surface area contributed by atoms with Crippen molar-refractivity contribution in [3.05, 3.63) is 0 Å². The van der Waals surface area contributed by atoms with Gasteiger partial charge in [0.1, 0.15) is 0 Å². The predicted molar refractivity (Wildman–Crippen MR) is 32.7 cm³/mol. The van der Waals surface area contributed by atoms with Crippen molar-refractivity contribution in [1.29, 1.82) is 0 Å². The fraction of sp³-hybridized carbons (Fsp3) is 1.00. The smallest absolute Gasteiger partial charge is 0.000853 e. The van der Waals surface area contributed by atoms with Crippen LogP contribution < -0.4 is 5.32 Å². The minimum Gasteiger partial charge on any atom is -0.412 e. The Labute approximate surface area is 49.6 Å². The van der Waals surface area contributed by atoms with Gasteiger partial charge in [0, 0.05) is 6.54 Å². The highest BCUT2D eigenvalue weighted by Gasteiger charge is 2.52. The molecule has 2 unspecified atom stereocenters. The van der Waals surface area contributed by atoms with E-state index in [1.54, 1.807) is 0 Å². The van der Waals surface area contributed by atoms with Crippen LogP contribution in [0.1, 0.15) is 13.3 Å². The molecule has 2 nitrogen and oxygen atoms in total. The van der Waals surface area contributed by atoms with Crippen LogP contribution in [0.2, 0.25) is 0 Å². The molecule has 1 aliphatic carbocycles. The van der Waals surface area contributed by atoms with Crippen molar-refractivity contribution in [2.45, 2.75) is 13.3 Å². The SMILES string of the molecule is CC12CNCC1C2.O. The molecule has 1 saturated carbocycles. The molecule has 0 amide bonds. The van der Waals surface area contributed by atoms with E-state index < -0.39 is 0 Å². The van der Waals surface area contributed by atoms with E-state index in [-0.39, 0.29) is 5.48 Å². The summed E-state index contributed by atoms with van der Waals surface area (Å²) in [4.78, 5) is 0. The number of nitrogens with one attached hydrogen (secondary N) is 1. The Balaban J connectivity index is 0.000000320. The summed E-state index contributed by atoms with van der Waals surface area (Å²) in [5.41, 5.74) is 0.750. The van der Waals surface area contributed by atoms with Gasteiger partial charge in [-0.1, -0.05) is 6.92 Å². The molecule has 0 spiro atoms. The molecule has 0 aromatic heterocycles. The Bertz CT molecular complexity index is 103. The number of hydrogen-bond donors (Lipinski definition) is 1. The Morgan fingerprint density at radius 2 is 2.38 bits per heavy atom. The van der Waals surface area contributed by atoms with Gasteiger partial charge < -0.3 is 10.8 Å². The van der Waals surface area contributed by atoms with Gasteiger partial charge in [-0.3, -0.25) is 0 Å². The zero-order chi connectivity index (χ0) is 4.91. The van der Waals surface area contributed by atoms with Crippen LogP contribution in [0.4, 0.5) is 0 Å². The second-order valence-electron chi connectivity index (χ2n) is 3.19. The standard InChI is InChI=1S/C6H11N.H2O/c1-6-2-5(6)3-7-4-6;/h5,7H,2-4H2,1H3;1H2. The van der Waals surface area contributed by atoms with E-state index in [4.69, 9.17) is 0 Å². The van der Waals surface area contributed by atoms with E-state index in [2.05, 4.69) is 12.2 Å². The largest absolute Gasteiger partial charge is 0.412 e. The molecule has 2 rings (SSSR count). The lowest BCUT2D eigenvalue weighted by atomic mass is 10.1. The van der Waals surface area contributed by atoms with Crippen LogP contribution in [-0.2, 0) is 0 Å². The minimum absolute atomic E-state index is 0. The molecule has 1 heterocycles. The van der Waals surface area contributed by atoms with Gasteiger partial charge >= 0.3 is 0 Å². The lowest BCUT2D eigenvalue weighted by molar-refractivity contribution is 0.576. The predicted octanol–water partition coefficient (Wildman–Crippen LogP) is -0.209. The summed E-state index contributed by atoms with van der Waals surface area (Å²) in [6.45, 7) is 4.94. The molecule has 0 radical (unpaired) electrons. The maximum absolute atomic E-state index is 3.36. The topological polar surface area (TPSA) is 43.5 Å². The Morgan fingerprint density at radius 1 is 1.62 bits per heavy atom. The molecule has 3 N–H and O–H groups in total. The van der Waals surface area contributed by atoms with Crippen molar-refractivity contribution in [3.63, 3.8) is 0 Å². The summed E-state index contributed by atoms with van der Waals surface area (Å²) in [5, 5.41) is 3.36. The molecule has 0 bridgehead atoms. The van der Waals surface area contributed by atoms with Gasteiger partial charge in [0.05, 0.1) is 0 Å². The molecule has 2 heteroatoms. The van der Waals surface area contributed by atoms with Gasteiger partial charge in [0.25, 0.3) is 0 Å². The average Bonchev–Trinajstić information content (AvgIpc) is 2.09. The van der Waals surface area contributed by atoms with Crippen molar-refractivity contribution in [2.75, 3.05) is 13.1 Å². The first-order valence-electron chi connectivity index (χ1n) is 3.02. The molecular formula is C6H13NO. The van der Waals surface area contributed by atoms with Crippen LogP contribution in [0.5, 0.6) is 0 Å². The maximum Gasteiger partial charge on any atom is 0.000853 e. The zero-order valence-corrected chi connectivity index (χ0v) is 5.20. The van der Waals surface area contributed by atoms with Crippen molar-refractivity contribution in [3.8, 4) is 0 Å². The lowest BCUT2D eigenvalue weighted by Crippen LogP contribution is -2.13. The first-order valence-corrected chi connectivity index (χ1v) is 3.02. The maximum atomic E-state index is 3.36. The van der Waals surface area contributed by atoms with E-state index in [0.717, 1.165) is 11.3 Å². The molecule has 2 aliphatic rings. The quantitative estimate of drug-likeness (QED) is 0.466. The second-order valence-corrected chi connectivity index (χ2v) is 3.19. The van der Waals surface area contributed by atoms with Crippen molar-refractivity contribution >= 4 is 0 Å². The second kappa shape index (κ2) is 1.45. The van der Waals surface area contributed by atoms with Gasteiger partial charge in [-0.15, -0.1) is 0 Å². The van der Waals surface area contributed by atoms with Gasteiger partial charge in [-0.05, 0) is 24.3 Å². The zero-order valence-electron chi connectivity index (χ0n) is 5.20. The summed E-state index contributed by atoms with van der Waals surface area (Å²) in [7, 11) is 0. The van der Waals surface area contributed by atoms with Gasteiger partial charge in [0.2, 0.25) is 0 Å². The molecule has 2 atom stereocenters. The monoisotopic (exact) mass is 115 g/mol. The first kappa shape index (κ1) is 6.05. The summed E-state index contributed by atoms with van der Waals surface area (Å²) in [5.74, 6) is 1.05. The van der Waals surface area contributed by atoms with Crippen LogP contribution in [0.15, 0.2) is 0 Å². The van der Waals surface area contributed by atoms with E-state index in [1.165, 1.54) is 19.5 Å². The lowest BCUT2D eigenvalue weighted by Gasteiger charge is -1.97. The molecule has 0 aromatic rings. The highest BCUT2D eigenvalue weighted by molar-refractivity contribution is 5.05. The van der Waals surface area contributed by atoms with E-state index in [9.17, 15) is 0 Å². The number of piperidine rings is 1. The molecule has 48 valence electrons. The summed E-state index contributed by atoms with van der Waals surface area (Å²) in [6.07, 6.45) is 1.49. The van der Waals surface area contributed by atoms with Crippen molar-refractivity contribution in [2.24, 2.45) is 11.3 Å². The van der Waals surface area contributed by atoms with Crippen molar-refractivity contribution in [1.82, 2.24) is 5.32 Å².